The van der Waals surface area contributed by atoms with Gasteiger partial charge in [0.15, 0.2) is 0 Å². The van der Waals surface area contributed by atoms with Crippen LogP contribution in [0, 0.1) is 0 Å². The average molecular weight is 534 g/mol. The summed E-state index contributed by atoms with van der Waals surface area (Å²) in [5.41, 5.74) is 2.27. The van der Waals surface area contributed by atoms with Crippen molar-refractivity contribution in [3.63, 3.8) is 0 Å². The van der Waals surface area contributed by atoms with Crippen LogP contribution in [0.1, 0.15) is 71.5 Å². The molecule has 0 fully saturated rings. The molecule has 0 saturated heterocycles. The van der Waals surface area contributed by atoms with E-state index in [2.05, 4.69) is 56.8 Å². The Hall–Kier alpha value is -4.01. The Morgan fingerprint density at radius 3 is 1.54 bits per heavy atom. The Kier molecular flexibility index (Phi) is 12.2. The molecule has 0 saturated carbocycles. The molecular formula is C30H39N5O4. The second-order valence-corrected chi connectivity index (χ2v) is 9.38. The molecule has 2 N–H and O–H groups in total. The summed E-state index contributed by atoms with van der Waals surface area (Å²) in [5, 5.41) is 5.08. The van der Waals surface area contributed by atoms with Crippen LogP contribution in [0.4, 0.5) is 11.9 Å². The van der Waals surface area contributed by atoms with Crippen molar-refractivity contribution in [1.82, 2.24) is 15.0 Å². The van der Waals surface area contributed by atoms with Crippen molar-refractivity contribution in [3.05, 3.63) is 54.4 Å². The molecule has 1 aromatic heterocycles. The first-order chi connectivity index (χ1) is 18.9. The number of aromatic nitrogens is 3. The molecular weight excluding hydrogens is 494 g/mol. The standard InChI is InChI=1S/C30H39N5O4/c1-4-5-6-9-20-38-26-16-12-24(13-17-26)25-14-18-27(19-15-25)39-21-10-7-8-11-28-33-29(31-22(2)36)35-30(34-28)32-23(3)37/h12-19H,4-11,20-21H2,1-3H3,(H2,31,32,33,34,35,36,37). The number of nitrogens with zero attached hydrogens (tertiary/aromatic N) is 3. The number of hydrogen-bond acceptors (Lipinski definition) is 7. The maximum absolute atomic E-state index is 11.3. The van der Waals surface area contributed by atoms with Gasteiger partial charge in [0.25, 0.3) is 0 Å². The first kappa shape index (κ1) is 29.5. The molecule has 39 heavy (non-hydrogen) atoms. The number of benzene rings is 2. The number of aryl methyl sites for hydroxylation is 1. The normalized spacial score (nSPS) is 10.6. The number of rotatable bonds is 16. The van der Waals surface area contributed by atoms with Crippen molar-refractivity contribution in [3.8, 4) is 22.6 Å². The molecule has 2 amide bonds. The van der Waals surface area contributed by atoms with Crippen LogP contribution in [0.25, 0.3) is 11.1 Å². The number of hydrogen-bond donors (Lipinski definition) is 2. The lowest BCUT2D eigenvalue weighted by Gasteiger charge is -2.09. The highest BCUT2D eigenvalue weighted by Crippen LogP contribution is 2.25. The summed E-state index contributed by atoms with van der Waals surface area (Å²) in [5.74, 6) is 1.94. The molecule has 0 radical (unpaired) electrons. The lowest BCUT2D eigenvalue weighted by Crippen LogP contribution is -2.16. The van der Waals surface area contributed by atoms with Gasteiger partial charge in [0.05, 0.1) is 13.2 Å². The zero-order valence-electron chi connectivity index (χ0n) is 23.2. The van der Waals surface area contributed by atoms with Gasteiger partial charge in [-0.2, -0.15) is 15.0 Å². The Labute approximate surface area is 230 Å². The second-order valence-electron chi connectivity index (χ2n) is 9.38. The van der Waals surface area contributed by atoms with Crippen molar-refractivity contribution in [1.29, 1.82) is 0 Å². The Morgan fingerprint density at radius 2 is 1.10 bits per heavy atom. The molecule has 1 heterocycles. The van der Waals surface area contributed by atoms with E-state index in [4.69, 9.17) is 9.47 Å². The highest BCUT2D eigenvalue weighted by Gasteiger charge is 2.09. The molecule has 0 bridgehead atoms. The van der Waals surface area contributed by atoms with Crippen molar-refractivity contribution in [2.24, 2.45) is 0 Å². The van der Waals surface area contributed by atoms with E-state index in [1.165, 1.54) is 33.1 Å². The summed E-state index contributed by atoms with van der Waals surface area (Å²) in [6.45, 7) is 6.33. The second kappa shape index (κ2) is 16.1. The Morgan fingerprint density at radius 1 is 0.641 bits per heavy atom. The van der Waals surface area contributed by atoms with E-state index in [0.717, 1.165) is 54.9 Å². The average Bonchev–Trinajstić information content (AvgIpc) is 2.90. The molecule has 3 rings (SSSR count). The topological polar surface area (TPSA) is 115 Å². The molecule has 0 unspecified atom stereocenters. The van der Waals surface area contributed by atoms with Gasteiger partial charge in [-0.1, -0.05) is 50.5 Å². The maximum atomic E-state index is 11.3. The monoisotopic (exact) mass is 533 g/mol. The van der Waals surface area contributed by atoms with Crippen LogP contribution in [0.2, 0.25) is 0 Å². The Balaban J connectivity index is 1.38. The lowest BCUT2D eigenvalue weighted by molar-refractivity contribution is -0.115. The molecule has 0 aliphatic heterocycles. The van der Waals surface area contributed by atoms with Crippen LogP contribution in [0.5, 0.6) is 11.5 Å². The minimum atomic E-state index is -0.290. The summed E-state index contributed by atoms with van der Waals surface area (Å²) >= 11 is 0. The minimum Gasteiger partial charge on any atom is -0.494 e. The summed E-state index contributed by atoms with van der Waals surface area (Å²) in [6.07, 6.45) is 8.03. The third-order valence-electron chi connectivity index (χ3n) is 5.88. The molecule has 0 spiro atoms. The number of amides is 2. The molecule has 3 aromatic rings. The molecule has 2 aromatic carbocycles. The highest BCUT2D eigenvalue weighted by molar-refractivity contribution is 5.88. The molecule has 0 aliphatic rings. The summed E-state index contributed by atoms with van der Waals surface area (Å²) in [7, 11) is 0. The van der Waals surface area contributed by atoms with E-state index in [0.29, 0.717) is 18.9 Å². The van der Waals surface area contributed by atoms with Crippen LogP contribution < -0.4 is 20.1 Å². The van der Waals surface area contributed by atoms with Crippen LogP contribution in [-0.4, -0.2) is 40.0 Å². The third-order valence-corrected chi connectivity index (χ3v) is 5.88. The quantitative estimate of drug-likeness (QED) is 0.210. The van der Waals surface area contributed by atoms with Gasteiger partial charge in [-0.15, -0.1) is 0 Å². The first-order valence-corrected chi connectivity index (χ1v) is 13.7. The van der Waals surface area contributed by atoms with Gasteiger partial charge in [-0.05, 0) is 61.1 Å². The van der Waals surface area contributed by atoms with E-state index in [1.807, 2.05) is 24.3 Å². The van der Waals surface area contributed by atoms with Crippen LogP contribution in [0.15, 0.2) is 48.5 Å². The largest absolute Gasteiger partial charge is 0.494 e. The van der Waals surface area contributed by atoms with Crippen molar-refractivity contribution >= 4 is 23.7 Å². The Bertz CT molecular complexity index is 1150. The van der Waals surface area contributed by atoms with E-state index in [-0.39, 0.29) is 23.7 Å². The molecule has 0 atom stereocenters. The van der Waals surface area contributed by atoms with Crippen molar-refractivity contribution in [2.45, 2.75) is 72.1 Å². The molecule has 208 valence electrons. The van der Waals surface area contributed by atoms with Gasteiger partial charge in [-0.25, -0.2) is 0 Å². The number of carbonyl (C=O) groups excluding carboxylic acids is 2. The van der Waals surface area contributed by atoms with Crippen LogP contribution in [0.3, 0.4) is 0 Å². The minimum absolute atomic E-state index is 0.130. The van der Waals surface area contributed by atoms with Gasteiger partial charge in [0, 0.05) is 20.3 Å². The van der Waals surface area contributed by atoms with Crippen LogP contribution in [-0.2, 0) is 16.0 Å². The SMILES string of the molecule is CCCCCCOc1ccc(-c2ccc(OCCCCCc3nc(NC(C)=O)nc(NC(C)=O)n3)cc2)cc1. The number of carbonyl (C=O) groups is 2. The van der Waals surface area contributed by atoms with Crippen LogP contribution >= 0.6 is 0 Å². The van der Waals surface area contributed by atoms with Crippen molar-refractivity contribution < 1.29 is 19.1 Å². The number of anilines is 2. The predicted octanol–water partition coefficient (Wildman–Crippen LogP) is 6.21. The summed E-state index contributed by atoms with van der Waals surface area (Å²) in [4.78, 5) is 35.3. The fraction of sp³-hybridized carbons (Fsp3) is 0.433. The first-order valence-electron chi connectivity index (χ1n) is 13.7. The molecule has 9 nitrogen and oxygen atoms in total. The summed E-state index contributed by atoms with van der Waals surface area (Å²) in [6, 6.07) is 16.3. The third kappa shape index (κ3) is 11.1. The van der Waals surface area contributed by atoms with E-state index in [9.17, 15) is 9.59 Å². The number of unbranched alkanes of at least 4 members (excludes halogenated alkanes) is 5. The van der Waals surface area contributed by atoms with E-state index < -0.39 is 0 Å². The summed E-state index contributed by atoms with van der Waals surface area (Å²) < 4.78 is 11.7. The lowest BCUT2D eigenvalue weighted by atomic mass is 10.1. The highest BCUT2D eigenvalue weighted by atomic mass is 16.5. The molecule has 9 heteroatoms. The van der Waals surface area contributed by atoms with Gasteiger partial charge in [0.2, 0.25) is 23.7 Å². The zero-order chi connectivity index (χ0) is 27.9. The molecule has 0 aliphatic carbocycles. The number of nitrogens with one attached hydrogen (secondary N) is 2. The van der Waals surface area contributed by atoms with E-state index >= 15 is 0 Å². The van der Waals surface area contributed by atoms with Gasteiger partial charge < -0.3 is 9.47 Å². The fourth-order valence-corrected chi connectivity index (χ4v) is 3.92. The van der Waals surface area contributed by atoms with Gasteiger partial charge >= 0.3 is 0 Å². The smallest absolute Gasteiger partial charge is 0.234 e. The maximum Gasteiger partial charge on any atom is 0.234 e. The van der Waals surface area contributed by atoms with Gasteiger partial charge in [0.1, 0.15) is 17.3 Å². The van der Waals surface area contributed by atoms with Gasteiger partial charge in [-0.3, -0.25) is 20.2 Å². The zero-order valence-corrected chi connectivity index (χ0v) is 23.2. The fourth-order valence-electron chi connectivity index (χ4n) is 3.92. The van der Waals surface area contributed by atoms with Crippen molar-refractivity contribution in [2.75, 3.05) is 23.8 Å². The van der Waals surface area contributed by atoms with E-state index in [1.54, 1.807) is 0 Å². The predicted molar refractivity (Wildman–Crippen MR) is 153 cm³/mol. The number of ether oxygens (including phenoxy) is 2.